The van der Waals surface area contributed by atoms with Crippen LogP contribution in [0.2, 0.25) is 5.02 Å². The van der Waals surface area contributed by atoms with Crippen molar-refractivity contribution in [3.05, 3.63) is 34.9 Å². The van der Waals surface area contributed by atoms with Crippen LogP contribution < -0.4 is 5.32 Å². The lowest BCUT2D eigenvalue weighted by molar-refractivity contribution is -0.145. The third-order valence-electron chi connectivity index (χ3n) is 3.48. The highest BCUT2D eigenvalue weighted by Gasteiger charge is 2.29. The summed E-state index contributed by atoms with van der Waals surface area (Å²) in [5.74, 6) is -0.874. The molecule has 0 aliphatic carbocycles. The molecular formula is C15H18ClNO4. The van der Waals surface area contributed by atoms with Gasteiger partial charge in [-0.15, -0.1) is 0 Å². The zero-order chi connectivity index (χ0) is 15.2. The van der Waals surface area contributed by atoms with E-state index < -0.39 is 12.0 Å². The minimum Gasteiger partial charge on any atom is -0.467 e. The molecule has 1 aromatic carbocycles. The van der Waals surface area contributed by atoms with E-state index in [1.807, 2.05) is 18.2 Å². The second kappa shape index (κ2) is 7.43. The molecule has 114 valence electrons. The summed E-state index contributed by atoms with van der Waals surface area (Å²) >= 11 is 6.10. The number of carbonyl (C=O) groups excluding carboxylic acids is 2. The Kier molecular flexibility index (Phi) is 5.59. The van der Waals surface area contributed by atoms with Gasteiger partial charge >= 0.3 is 5.97 Å². The van der Waals surface area contributed by atoms with Crippen molar-refractivity contribution in [2.75, 3.05) is 20.3 Å². The van der Waals surface area contributed by atoms with Gasteiger partial charge in [0.15, 0.2) is 0 Å². The smallest absolute Gasteiger partial charge is 0.328 e. The molecule has 6 heteroatoms. The molecule has 0 bridgehead atoms. The van der Waals surface area contributed by atoms with Gasteiger partial charge in [-0.2, -0.15) is 0 Å². The molecule has 1 amide bonds. The molecular weight excluding hydrogens is 294 g/mol. The van der Waals surface area contributed by atoms with E-state index in [0.29, 0.717) is 31.1 Å². The van der Waals surface area contributed by atoms with E-state index in [1.54, 1.807) is 6.07 Å². The summed E-state index contributed by atoms with van der Waals surface area (Å²) in [7, 11) is 1.30. The number of hydrogen-bond donors (Lipinski definition) is 1. The van der Waals surface area contributed by atoms with Gasteiger partial charge in [-0.05, 0) is 18.1 Å². The van der Waals surface area contributed by atoms with Gasteiger partial charge in [-0.1, -0.05) is 29.8 Å². The number of benzene rings is 1. The Hall–Kier alpha value is -1.59. The first-order chi connectivity index (χ1) is 10.1. The molecule has 0 spiro atoms. The van der Waals surface area contributed by atoms with Crippen LogP contribution in [0, 0.1) is 5.92 Å². The maximum atomic E-state index is 12.1. The molecule has 2 rings (SSSR count). The molecule has 1 aliphatic heterocycles. The first-order valence-electron chi connectivity index (χ1n) is 6.81. The summed E-state index contributed by atoms with van der Waals surface area (Å²) in [6.07, 6.45) is 0.970. The topological polar surface area (TPSA) is 64.6 Å². The fraction of sp³-hybridized carbons (Fsp3) is 0.467. The summed E-state index contributed by atoms with van der Waals surface area (Å²) in [6.45, 7) is 0.970. The third-order valence-corrected chi connectivity index (χ3v) is 3.85. The average Bonchev–Trinajstić information content (AvgIpc) is 3.02. The Labute approximate surface area is 128 Å². The van der Waals surface area contributed by atoms with Crippen LogP contribution in [-0.4, -0.2) is 38.2 Å². The van der Waals surface area contributed by atoms with Crippen molar-refractivity contribution in [1.82, 2.24) is 5.32 Å². The largest absolute Gasteiger partial charge is 0.467 e. The van der Waals surface area contributed by atoms with Crippen LogP contribution in [0.1, 0.15) is 12.0 Å². The standard InChI is InChI=1S/C15H18ClNO4/c1-20-15(19)13(8-10-4-2-3-5-12(10)16)17-14(18)11-6-7-21-9-11/h2-5,11,13H,6-9H2,1H3,(H,17,18)/t11-,13+/m0/s1. The highest BCUT2D eigenvalue weighted by molar-refractivity contribution is 6.31. The van der Waals surface area contributed by atoms with E-state index in [1.165, 1.54) is 7.11 Å². The van der Waals surface area contributed by atoms with Crippen molar-refractivity contribution < 1.29 is 19.1 Å². The Morgan fingerprint density at radius 2 is 2.24 bits per heavy atom. The molecule has 2 atom stereocenters. The van der Waals surface area contributed by atoms with Crippen molar-refractivity contribution in [1.29, 1.82) is 0 Å². The second-order valence-electron chi connectivity index (χ2n) is 4.94. The molecule has 21 heavy (non-hydrogen) atoms. The van der Waals surface area contributed by atoms with Crippen LogP contribution >= 0.6 is 11.6 Å². The van der Waals surface area contributed by atoms with Gasteiger partial charge in [0.2, 0.25) is 5.91 Å². The van der Waals surface area contributed by atoms with Crippen molar-refractivity contribution in [3.8, 4) is 0 Å². The number of amides is 1. The Balaban J connectivity index is 2.06. The molecule has 1 aliphatic rings. The molecule has 1 aromatic rings. The summed E-state index contributed by atoms with van der Waals surface area (Å²) < 4.78 is 9.95. The maximum Gasteiger partial charge on any atom is 0.328 e. The first kappa shape index (κ1) is 15.8. The predicted molar refractivity (Wildman–Crippen MR) is 78.0 cm³/mol. The average molecular weight is 312 g/mol. The van der Waals surface area contributed by atoms with E-state index in [4.69, 9.17) is 21.1 Å². The number of methoxy groups -OCH3 is 1. The SMILES string of the molecule is COC(=O)[C@@H](Cc1ccccc1Cl)NC(=O)[C@H]1CCOC1. The number of ether oxygens (including phenoxy) is 2. The molecule has 0 radical (unpaired) electrons. The number of nitrogens with one attached hydrogen (secondary N) is 1. The van der Waals surface area contributed by atoms with E-state index in [0.717, 1.165) is 5.56 Å². The quantitative estimate of drug-likeness (QED) is 0.839. The zero-order valence-electron chi connectivity index (χ0n) is 11.8. The summed E-state index contributed by atoms with van der Waals surface area (Å²) in [5.41, 5.74) is 0.789. The predicted octanol–water partition coefficient (Wildman–Crippen LogP) is 1.58. The van der Waals surface area contributed by atoms with E-state index >= 15 is 0 Å². The monoisotopic (exact) mass is 311 g/mol. The van der Waals surface area contributed by atoms with Crippen LogP contribution in [0.3, 0.4) is 0 Å². The van der Waals surface area contributed by atoms with E-state index in [2.05, 4.69) is 5.32 Å². The number of esters is 1. The second-order valence-corrected chi connectivity index (χ2v) is 5.35. The highest BCUT2D eigenvalue weighted by Crippen LogP contribution is 2.18. The summed E-state index contributed by atoms with van der Waals surface area (Å²) in [6, 6.07) is 6.47. The highest BCUT2D eigenvalue weighted by atomic mass is 35.5. The third kappa shape index (κ3) is 4.19. The van der Waals surface area contributed by atoms with Crippen LogP contribution in [-0.2, 0) is 25.5 Å². The number of halogens is 1. The molecule has 0 aromatic heterocycles. The maximum absolute atomic E-state index is 12.1. The molecule has 5 nitrogen and oxygen atoms in total. The first-order valence-corrected chi connectivity index (χ1v) is 7.19. The summed E-state index contributed by atoms with van der Waals surface area (Å²) in [5, 5.41) is 3.29. The Bertz CT molecular complexity index is 514. The molecule has 1 heterocycles. The van der Waals surface area contributed by atoms with Gasteiger partial charge in [0.05, 0.1) is 19.6 Å². The summed E-state index contributed by atoms with van der Waals surface area (Å²) in [4.78, 5) is 24.0. The van der Waals surface area contributed by atoms with Crippen LogP contribution in [0.5, 0.6) is 0 Å². The van der Waals surface area contributed by atoms with E-state index in [9.17, 15) is 9.59 Å². The molecule has 1 fully saturated rings. The van der Waals surface area contributed by atoms with Crippen LogP contribution in [0.4, 0.5) is 0 Å². The van der Waals surface area contributed by atoms with Crippen molar-refractivity contribution in [2.45, 2.75) is 18.9 Å². The Morgan fingerprint density at radius 1 is 1.48 bits per heavy atom. The zero-order valence-corrected chi connectivity index (χ0v) is 12.6. The minimum absolute atomic E-state index is 0.185. The van der Waals surface area contributed by atoms with Gasteiger partial charge in [-0.25, -0.2) is 4.79 Å². The normalized spacial score (nSPS) is 19.0. The van der Waals surface area contributed by atoms with Crippen molar-refractivity contribution >= 4 is 23.5 Å². The molecule has 1 N–H and O–H groups in total. The number of hydrogen-bond acceptors (Lipinski definition) is 4. The Morgan fingerprint density at radius 3 is 2.86 bits per heavy atom. The van der Waals surface area contributed by atoms with Crippen LogP contribution in [0.15, 0.2) is 24.3 Å². The lowest BCUT2D eigenvalue weighted by atomic mass is 10.0. The molecule has 0 unspecified atom stereocenters. The lowest BCUT2D eigenvalue weighted by Crippen LogP contribution is -2.45. The van der Waals surface area contributed by atoms with Gasteiger partial charge in [0.25, 0.3) is 0 Å². The van der Waals surface area contributed by atoms with E-state index in [-0.39, 0.29) is 11.8 Å². The number of carbonyl (C=O) groups is 2. The minimum atomic E-state index is -0.747. The van der Waals surface area contributed by atoms with Gasteiger partial charge in [0, 0.05) is 18.1 Å². The van der Waals surface area contributed by atoms with Gasteiger partial charge < -0.3 is 14.8 Å². The number of rotatable bonds is 5. The molecule has 1 saturated heterocycles. The van der Waals surface area contributed by atoms with Gasteiger partial charge in [-0.3, -0.25) is 4.79 Å². The molecule has 0 saturated carbocycles. The van der Waals surface area contributed by atoms with Gasteiger partial charge in [0.1, 0.15) is 6.04 Å². The lowest BCUT2D eigenvalue weighted by Gasteiger charge is -2.19. The van der Waals surface area contributed by atoms with Crippen molar-refractivity contribution in [2.24, 2.45) is 5.92 Å². The fourth-order valence-electron chi connectivity index (χ4n) is 2.25. The fourth-order valence-corrected chi connectivity index (χ4v) is 2.46. The van der Waals surface area contributed by atoms with Crippen molar-refractivity contribution in [3.63, 3.8) is 0 Å². The van der Waals surface area contributed by atoms with Crippen LogP contribution in [0.25, 0.3) is 0 Å².